The van der Waals surface area contributed by atoms with Crippen molar-refractivity contribution in [1.29, 1.82) is 0 Å². The van der Waals surface area contributed by atoms with Gasteiger partial charge in [0, 0.05) is 63.5 Å². The Kier molecular flexibility index (Phi) is 11.5. The van der Waals surface area contributed by atoms with E-state index in [9.17, 15) is 14.4 Å². The van der Waals surface area contributed by atoms with E-state index >= 15 is 0 Å². The van der Waals surface area contributed by atoms with E-state index in [4.69, 9.17) is 0 Å². The highest BCUT2D eigenvalue weighted by molar-refractivity contribution is 5.89. The van der Waals surface area contributed by atoms with Crippen LogP contribution >= 0.6 is 0 Å². The molecule has 0 aromatic heterocycles. The van der Waals surface area contributed by atoms with Crippen LogP contribution in [0.1, 0.15) is 62.6 Å². The molecule has 1 unspecified atom stereocenters. The van der Waals surface area contributed by atoms with Crippen LogP contribution in [-0.2, 0) is 20.8 Å². The highest BCUT2D eigenvalue weighted by Gasteiger charge is 2.39. The number of fused-ring (bicyclic) bond motifs is 3. The largest absolute Gasteiger partial charge is 0.369 e. The molecule has 3 fully saturated rings. The van der Waals surface area contributed by atoms with Crippen molar-refractivity contribution in [2.45, 2.75) is 57.9 Å². The maximum absolute atomic E-state index is 12.8. The van der Waals surface area contributed by atoms with Crippen LogP contribution in [0.2, 0.25) is 0 Å². The zero-order valence-corrected chi connectivity index (χ0v) is 27.5. The van der Waals surface area contributed by atoms with Crippen molar-refractivity contribution in [1.82, 2.24) is 19.6 Å². The molecule has 1 N–H and O–H groups in total. The molecule has 0 radical (unpaired) electrons. The van der Waals surface area contributed by atoms with Crippen LogP contribution in [0.15, 0.2) is 48.5 Å². The van der Waals surface area contributed by atoms with Gasteiger partial charge in [0.2, 0.25) is 17.7 Å². The molecule has 4 aliphatic rings. The topological polar surface area (TPSA) is 79.4 Å². The second-order valence-corrected chi connectivity index (χ2v) is 13.3. The molecule has 0 spiro atoms. The molecule has 9 heteroatoms. The first kappa shape index (κ1) is 32.9. The smallest absolute Gasteiger partial charge is 0.242 e. The normalized spacial score (nSPS) is 20.7. The van der Waals surface area contributed by atoms with Crippen molar-refractivity contribution in [3.63, 3.8) is 0 Å². The van der Waals surface area contributed by atoms with Crippen LogP contribution < -0.4 is 10.2 Å². The fraction of sp³-hybridized carbons (Fsp3) is 0.583. The molecule has 0 bridgehead atoms. The van der Waals surface area contributed by atoms with Crippen molar-refractivity contribution in [3.05, 3.63) is 59.7 Å². The Hall–Kier alpha value is -3.43. The Bertz CT molecular complexity index is 1280. The molecular formula is C36H52N6O3. The van der Waals surface area contributed by atoms with Crippen molar-refractivity contribution < 1.29 is 14.4 Å². The van der Waals surface area contributed by atoms with Gasteiger partial charge >= 0.3 is 0 Å². The summed E-state index contributed by atoms with van der Waals surface area (Å²) in [5.41, 5.74) is 4.65. The summed E-state index contributed by atoms with van der Waals surface area (Å²) >= 11 is 0. The Morgan fingerprint density at radius 1 is 0.911 bits per heavy atom. The summed E-state index contributed by atoms with van der Waals surface area (Å²) in [5.74, 6) is 0.432. The Morgan fingerprint density at radius 2 is 1.62 bits per heavy atom. The van der Waals surface area contributed by atoms with Gasteiger partial charge in [-0.15, -0.1) is 0 Å². The van der Waals surface area contributed by atoms with E-state index in [2.05, 4.69) is 64.4 Å². The van der Waals surface area contributed by atoms with E-state index < -0.39 is 0 Å². The number of rotatable bonds is 7. The number of nitrogens with one attached hydrogen (secondary N) is 1. The molecular weight excluding hydrogens is 564 g/mol. The van der Waals surface area contributed by atoms with Gasteiger partial charge in [-0.3, -0.25) is 19.3 Å². The zero-order chi connectivity index (χ0) is 31.8. The second kappa shape index (κ2) is 15.7. The fourth-order valence-electron chi connectivity index (χ4n) is 7.25. The van der Waals surface area contributed by atoms with Gasteiger partial charge in [-0.25, -0.2) is 0 Å². The fourth-order valence-corrected chi connectivity index (χ4v) is 7.25. The molecule has 1 aliphatic carbocycles. The zero-order valence-electron chi connectivity index (χ0n) is 27.5. The lowest BCUT2D eigenvalue weighted by Crippen LogP contribution is -2.56. The summed E-state index contributed by atoms with van der Waals surface area (Å²) in [6, 6.07) is 16.5. The minimum Gasteiger partial charge on any atom is -0.369 e. The minimum absolute atomic E-state index is 0.0286. The SMILES string of the molecule is CC(=O)Nc1ccc(N2CCN(CCCN(C)C)CC2)cc1.O=C(C1CCCCC1)N1CC(=O)N2CCc3ccccc3C2C1. The van der Waals surface area contributed by atoms with Crippen LogP contribution in [0.4, 0.5) is 11.4 Å². The van der Waals surface area contributed by atoms with Gasteiger partial charge in [0.05, 0.1) is 12.6 Å². The standard InChI is InChI=1S/C19H24N2O2.C17H28N4O/c22-18-13-20(19(23)15-7-2-1-3-8-15)12-17-16-9-5-4-6-14(16)10-11-21(17)18;1-15(22)18-16-5-7-17(8-6-16)21-13-11-20(12-14-21)10-4-9-19(2)3/h4-6,9,15,17H,1-3,7-8,10-13H2;5-8H,4,9-14H2,1-3H3,(H,18,22). The highest BCUT2D eigenvalue weighted by atomic mass is 16.2. The van der Waals surface area contributed by atoms with E-state index in [1.807, 2.05) is 28.0 Å². The molecule has 6 rings (SSSR count). The Labute approximate surface area is 269 Å². The number of hydrogen-bond acceptors (Lipinski definition) is 6. The summed E-state index contributed by atoms with van der Waals surface area (Å²) in [4.78, 5) is 47.5. The lowest BCUT2D eigenvalue weighted by molar-refractivity contribution is -0.152. The number of carbonyl (C=O) groups excluding carboxylic acids is 3. The quantitative estimate of drug-likeness (QED) is 0.501. The Balaban J connectivity index is 0.000000178. The van der Waals surface area contributed by atoms with Gasteiger partial charge in [0.1, 0.15) is 0 Å². The third kappa shape index (κ3) is 8.85. The summed E-state index contributed by atoms with van der Waals surface area (Å²) in [7, 11) is 4.26. The number of nitrogens with zero attached hydrogens (tertiary/aromatic N) is 5. The summed E-state index contributed by atoms with van der Waals surface area (Å²) in [5, 5.41) is 2.80. The van der Waals surface area contributed by atoms with E-state index in [-0.39, 0.29) is 36.2 Å². The highest BCUT2D eigenvalue weighted by Crippen LogP contribution is 2.34. The second-order valence-electron chi connectivity index (χ2n) is 13.3. The first-order valence-electron chi connectivity index (χ1n) is 16.9. The van der Waals surface area contributed by atoms with E-state index in [1.54, 1.807) is 0 Å². The monoisotopic (exact) mass is 616 g/mol. The molecule has 45 heavy (non-hydrogen) atoms. The van der Waals surface area contributed by atoms with Crippen molar-refractivity contribution >= 4 is 29.1 Å². The van der Waals surface area contributed by atoms with Gasteiger partial charge in [-0.05, 0) is 88.3 Å². The van der Waals surface area contributed by atoms with Crippen molar-refractivity contribution in [3.8, 4) is 0 Å². The van der Waals surface area contributed by atoms with Gasteiger partial charge in [0.15, 0.2) is 0 Å². The van der Waals surface area contributed by atoms with Crippen LogP contribution in [0, 0.1) is 5.92 Å². The average Bonchev–Trinajstić information content (AvgIpc) is 3.05. The molecule has 3 aliphatic heterocycles. The van der Waals surface area contributed by atoms with Crippen LogP contribution in [0.5, 0.6) is 0 Å². The van der Waals surface area contributed by atoms with Gasteiger partial charge in [-0.1, -0.05) is 43.5 Å². The number of benzene rings is 2. The van der Waals surface area contributed by atoms with E-state index in [0.29, 0.717) is 6.54 Å². The molecule has 2 saturated heterocycles. The maximum atomic E-state index is 12.8. The van der Waals surface area contributed by atoms with Crippen LogP contribution in [-0.4, -0.2) is 110 Å². The van der Waals surface area contributed by atoms with E-state index in [0.717, 1.165) is 77.1 Å². The van der Waals surface area contributed by atoms with Crippen molar-refractivity contribution in [2.75, 3.05) is 83.2 Å². The Morgan fingerprint density at radius 3 is 2.31 bits per heavy atom. The predicted molar refractivity (Wildman–Crippen MR) is 180 cm³/mol. The molecule has 2 aromatic carbocycles. The lowest BCUT2D eigenvalue weighted by Gasteiger charge is -2.45. The molecule has 9 nitrogen and oxygen atoms in total. The van der Waals surface area contributed by atoms with Gasteiger partial charge < -0.3 is 24.9 Å². The van der Waals surface area contributed by atoms with Crippen LogP contribution in [0.3, 0.4) is 0 Å². The van der Waals surface area contributed by atoms with Crippen LogP contribution in [0.25, 0.3) is 0 Å². The van der Waals surface area contributed by atoms with Gasteiger partial charge in [-0.2, -0.15) is 0 Å². The molecule has 1 atom stereocenters. The molecule has 3 amide bonds. The van der Waals surface area contributed by atoms with Crippen molar-refractivity contribution in [2.24, 2.45) is 5.92 Å². The minimum atomic E-state index is -0.0286. The molecule has 2 aromatic rings. The molecule has 3 heterocycles. The summed E-state index contributed by atoms with van der Waals surface area (Å²) < 4.78 is 0. The number of anilines is 2. The molecule has 1 saturated carbocycles. The third-order valence-corrected chi connectivity index (χ3v) is 9.72. The number of hydrogen-bond donors (Lipinski definition) is 1. The lowest BCUT2D eigenvalue weighted by atomic mass is 9.87. The number of piperazine rings is 2. The number of carbonyl (C=O) groups is 3. The first-order chi connectivity index (χ1) is 21.8. The third-order valence-electron chi connectivity index (χ3n) is 9.72. The predicted octanol–water partition coefficient (Wildman–Crippen LogP) is 4.25. The number of amides is 3. The summed E-state index contributed by atoms with van der Waals surface area (Å²) in [6.07, 6.45) is 7.69. The van der Waals surface area contributed by atoms with E-state index in [1.165, 1.54) is 43.1 Å². The average molecular weight is 617 g/mol. The molecule has 244 valence electrons. The first-order valence-corrected chi connectivity index (χ1v) is 16.9. The van der Waals surface area contributed by atoms with Gasteiger partial charge in [0.25, 0.3) is 0 Å². The summed E-state index contributed by atoms with van der Waals surface area (Å²) in [6.45, 7) is 9.99. The maximum Gasteiger partial charge on any atom is 0.242 e.